The molecule has 2 atom stereocenters. The van der Waals surface area contributed by atoms with E-state index in [2.05, 4.69) is 6.92 Å². The summed E-state index contributed by atoms with van der Waals surface area (Å²) in [5.41, 5.74) is -1.17. The summed E-state index contributed by atoms with van der Waals surface area (Å²) in [5, 5.41) is 20.5. The summed E-state index contributed by atoms with van der Waals surface area (Å²) in [6, 6.07) is 0. The summed E-state index contributed by atoms with van der Waals surface area (Å²) >= 11 is 0. The topological polar surface area (TPSA) is 63.4 Å². The number of aliphatic hydroxyl groups is 1. The maximum Gasteiger partial charge on any atom is 0.244 e. The van der Waals surface area contributed by atoms with E-state index in [1.54, 1.807) is 6.92 Å². The van der Waals surface area contributed by atoms with E-state index in [1.165, 1.54) is 6.92 Å². The third kappa shape index (κ3) is 3.25. The minimum absolute atomic E-state index is 0.358. The lowest BCUT2D eigenvalue weighted by molar-refractivity contribution is -0.579. The predicted octanol–water partition coefficient (Wildman–Crippen LogP) is 2.37. The summed E-state index contributed by atoms with van der Waals surface area (Å²) in [6.45, 7) is 5.33. The molecule has 0 spiro atoms. The highest BCUT2D eigenvalue weighted by atomic mass is 16.6. The van der Waals surface area contributed by atoms with E-state index < -0.39 is 11.6 Å². The van der Waals surface area contributed by atoms with Crippen molar-refractivity contribution in [3.63, 3.8) is 0 Å². The van der Waals surface area contributed by atoms with Crippen molar-refractivity contribution >= 4 is 0 Å². The van der Waals surface area contributed by atoms with E-state index >= 15 is 0 Å². The van der Waals surface area contributed by atoms with Crippen molar-refractivity contribution in [3.8, 4) is 0 Å². The van der Waals surface area contributed by atoms with Crippen LogP contribution in [0.5, 0.6) is 0 Å². The zero-order valence-electron chi connectivity index (χ0n) is 9.32. The smallest absolute Gasteiger partial charge is 0.244 e. The van der Waals surface area contributed by atoms with Crippen LogP contribution in [0.15, 0.2) is 0 Å². The van der Waals surface area contributed by atoms with Crippen molar-refractivity contribution in [2.45, 2.75) is 64.5 Å². The molecule has 4 heteroatoms. The number of hydrogen-bond donors (Lipinski definition) is 1. The summed E-state index contributed by atoms with van der Waals surface area (Å²) < 4.78 is 0. The average Bonchev–Trinajstić information content (AvgIpc) is 2.16. The zero-order chi connectivity index (χ0) is 11.2. The minimum Gasteiger partial charge on any atom is -0.386 e. The Balaban J connectivity index is 4.17. The van der Waals surface area contributed by atoms with Crippen molar-refractivity contribution in [2.24, 2.45) is 0 Å². The molecule has 0 rings (SSSR count). The van der Waals surface area contributed by atoms with E-state index in [0.717, 1.165) is 19.3 Å². The van der Waals surface area contributed by atoms with Gasteiger partial charge in [0.25, 0.3) is 0 Å². The highest BCUT2D eigenvalue weighted by Gasteiger charge is 2.42. The second kappa shape index (κ2) is 5.96. The van der Waals surface area contributed by atoms with Crippen LogP contribution in [0.4, 0.5) is 0 Å². The number of aliphatic hydroxyl groups excluding tert-OH is 1. The predicted molar refractivity (Wildman–Crippen MR) is 55.8 cm³/mol. The van der Waals surface area contributed by atoms with Gasteiger partial charge in [0.15, 0.2) is 0 Å². The van der Waals surface area contributed by atoms with Gasteiger partial charge in [-0.15, -0.1) is 0 Å². The molecule has 0 fully saturated rings. The largest absolute Gasteiger partial charge is 0.386 e. The first kappa shape index (κ1) is 13.4. The minimum atomic E-state index is -1.17. The fourth-order valence-electron chi connectivity index (χ4n) is 1.39. The standard InChI is InChI=1S/C10H21NO3/c1-4-6-7-8-9(12)10(3,5-2)11(13)14/h9,12H,4-8H2,1-3H3. The molecule has 2 unspecified atom stereocenters. The molecule has 0 aromatic heterocycles. The van der Waals surface area contributed by atoms with Gasteiger partial charge in [-0.3, -0.25) is 10.1 Å². The lowest BCUT2D eigenvalue weighted by Crippen LogP contribution is -2.46. The van der Waals surface area contributed by atoms with Crippen molar-refractivity contribution in [2.75, 3.05) is 0 Å². The average molecular weight is 203 g/mol. The first-order valence-corrected chi connectivity index (χ1v) is 5.31. The molecule has 4 nitrogen and oxygen atoms in total. The summed E-state index contributed by atoms with van der Waals surface area (Å²) in [4.78, 5) is 10.4. The monoisotopic (exact) mass is 203 g/mol. The van der Waals surface area contributed by atoms with Crippen LogP contribution in [0.1, 0.15) is 52.9 Å². The fraction of sp³-hybridized carbons (Fsp3) is 1.00. The number of nitrogens with zero attached hydrogens (tertiary/aromatic N) is 1. The molecule has 14 heavy (non-hydrogen) atoms. The van der Waals surface area contributed by atoms with E-state index in [4.69, 9.17) is 0 Å². The highest BCUT2D eigenvalue weighted by molar-refractivity contribution is 4.81. The molecule has 0 amide bonds. The van der Waals surface area contributed by atoms with Crippen LogP contribution < -0.4 is 0 Å². The van der Waals surface area contributed by atoms with Gasteiger partial charge in [0.05, 0.1) is 0 Å². The molecule has 0 aromatic carbocycles. The molecule has 0 saturated carbocycles. The number of unbranched alkanes of at least 4 members (excludes halogenated alkanes) is 2. The van der Waals surface area contributed by atoms with E-state index in [0.29, 0.717) is 12.8 Å². The van der Waals surface area contributed by atoms with Gasteiger partial charge in [0.1, 0.15) is 6.10 Å². The Labute approximate surface area is 85.5 Å². The first-order chi connectivity index (χ1) is 6.49. The highest BCUT2D eigenvalue weighted by Crippen LogP contribution is 2.23. The SMILES string of the molecule is CCCCCC(O)C(C)(CC)[N+](=O)[O-]. The first-order valence-electron chi connectivity index (χ1n) is 5.31. The van der Waals surface area contributed by atoms with Crippen molar-refractivity contribution in [3.05, 3.63) is 10.1 Å². The molecule has 0 aliphatic rings. The van der Waals surface area contributed by atoms with Gasteiger partial charge in [0, 0.05) is 18.3 Å². The van der Waals surface area contributed by atoms with Gasteiger partial charge in [0.2, 0.25) is 5.54 Å². The lowest BCUT2D eigenvalue weighted by atomic mass is 9.89. The van der Waals surface area contributed by atoms with Crippen LogP contribution in [0.25, 0.3) is 0 Å². The van der Waals surface area contributed by atoms with Gasteiger partial charge in [-0.1, -0.05) is 33.1 Å². The van der Waals surface area contributed by atoms with Gasteiger partial charge in [-0.05, 0) is 6.42 Å². The molecular formula is C10H21NO3. The van der Waals surface area contributed by atoms with Crippen molar-refractivity contribution in [1.29, 1.82) is 0 Å². The molecule has 0 radical (unpaired) electrons. The van der Waals surface area contributed by atoms with Crippen LogP contribution in [0.3, 0.4) is 0 Å². The van der Waals surface area contributed by atoms with Gasteiger partial charge >= 0.3 is 0 Å². The Kier molecular flexibility index (Phi) is 5.69. The normalized spacial score (nSPS) is 17.4. The molecule has 0 saturated heterocycles. The second-order valence-electron chi connectivity index (χ2n) is 3.98. The molecule has 0 heterocycles. The van der Waals surface area contributed by atoms with E-state index in [9.17, 15) is 15.2 Å². The quantitative estimate of drug-likeness (QED) is 0.392. The fourth-order valence-corrected chi connectivity index (χ4v) is 1.39. The molecule has 0 bridgehead atoms. The van der Waals surface area contributed by atoms with Crippen molar-refractivity contribution in [1.82, 2.24) is 0 Å². The van der Waals surface area contributed by atoms with Crippen LogP contribution in [0.2, 0.25) is 0 Å². The third-order valence-electron chi connectivity index (χ3n) is 2.93. The summed E-state index contributed by atoms with van der Waals surface area (Å²) in [5.74, 6) is 0. The van der Waals surface area contributed by atoms with Crippen LogP contribution in [-0.4, -0.2) is 21.7 Å². The van der Waals surface area contributed by atoms with Gasteiger partial charge in [-0.25, -0.2) is 0 Å². The number of nitro groups is 1. The Hall–Kier alpha value is -0.640. The molecule has 84 valence electrons. The van der Waals surface area contributed by atoms with Crippen molar-refractivity contribution < 1.29 is 10.0 Å². The van der Waals surface area contributed by atoms with E-state index in [-0.39, 0.29) is 4.92 Å². The van der Waals surface area contributed by atoms with Crippen LogP contribution >= 0.6 is 0 Å². The van der Waals surface area contributed by atoms with Gasteiger partial charge < -0.3 is 5.11 Å². The summed E-state index contributed by atoms with van der Waals surface area (Å²) in [7, 11) is 0. The Morgan fingerprint density at radius 1 is 1.43 bits per heavy atom. The Morgan fingerprint density at radius 3 is 2.36 bits per heavy atom. The maximum atomic E-state index is 10.8. The van der Waals surface area contributed by atoms with E-state index in [1.807, 2.05) is 0 Å². The van der Waals surface area contributed by atoms with Gasteiger partial charge in [-0.2, -0.15) is 0 Å². The molecule has 1 N–H and O–H groups in total. The second-order valence-corrected chi connectivity index (χ2v) is 3.98. The van der Waals surface area contributed by atoms with Crippen LogP contribution in [0, 0.1) is 10.1 Å². The zero-order valence-corrected chi connectivity index (χ0v) is 9.32. The summed E-state index contributed by atoms with van der Waals surface area (Å²) in [6.07, 6.45) is 3.02. The molecular weight excluding hydrogens is 182 g/mol. The number of rotatable bonds is 7. The number of hydrogen-bond acceptors (Lipinski definition) is 3. The lowest BCUT2D eigenvalue weighted by Gasteiger charge is -2.24. The Morgan fingerprint density at radius 2 is 2.00 bits per heavy atom. The third-order valence-corrected chi connectivity index (χ3v) is 2.93. The maximum absolute atomic E-state index is 10.8. The Bertz CT molecular complexity index is 184. The molecule has 0 aliphatic carbocycles. The van der Waals surface area contributed by atoms with Crippen LogP contribution in [-0.2, 0) is 0 Å². The molecule has 0 aromatic rings. The molecule has 0 aliphatic heterocycles.